The summed E-state index contributed by atoms with van der Waals surface area (Å²) in [4.78, 5) is 15.0. The maximum Gasteiger partial charge on any atom is 0.335 e. The largest absolute Gasteiger partial charge is 0.497 e. The van der Waals surface area contributed by atoms with Gasteiger partial charge in [-0.2, -0.15) is 0 Å². The van der Waals surface area contributed by atoms with Gasteiger partial charge in [0.2, 0.25) is 5.89 Å². The molecule has 2 aromatic carbocycles. The third kappa shape index (κ3) is 2.31. The van der Waals surface area contributed by atoms with Crippen LogP contribution in [0.4, 0.5) is 4.39 Å². The number of oxazole rings is 1. The zero-order valence-electron chi connectivity index (χ0n) is 11.0. The van der Waals surface area contributed by atoms with Crippen molar-refractivity contribution in [1.29, 1.82) is 0 Å². The van der Waals surface area contributed by atoms with Crippen molar-refractivity contribution in [3.63, 3.8) is 0 Å². The van der Waals surface area contributed by atoms with E-state index in [9.17, 15) is 9.18 Å². The molecule has 1 N–H and O–H groups in total. The smallest absolute Gasteiger partial charge is 0.335 e. The molecular formula is C15H10FNO4. The van der Waals surface area contributed by atoms with Crippen molar-refractivity contribution in [2.24, 2.45) is 0 Å². The van der Waals surface area contributed by atoms with Gasteiger partial charge in [0.15, 0.2) is 5.58 Å². The summed E-state index contributed by atoms with van der Waals surface area (Å²) < 4.78 is 24.4. The number of benzene rings is 2. The van der Waals surface area contributed by atoms with Crippen molar-refractivity contribution >= 4 is 17.1 Å². The van der Waals surface area contributed by atoms with E-state index in [0.29, 0.717) is 16.8 Å². The predicted molar refractivity (Wildman–Crippen MR) is 72.9 cm³/mol. The maximum atomic E-state index is 14.0. The highest BCUT2D eigenvalue weighted by atomic mass is 19.1. The monoisotopic (exact) mass is 287 g/mol. The molecule has 106 valence electrons. The molecule has 0 spiro atoms. The standard InChI is InChI=1S/C15H10FNO4/c1-20-9-3-4-10(11(16)7-9)14-17-12-6-8(15(18)19)2-5-13(12)21-14/h2-7H,1H3,(H,18,19). The Labute approximate surface area is 118 Å². The van der Waals surface area contributed by atoms with Crippen LogP contribution in [0.1, 0.15) is 10.4 Å². The van der Waals surface area contributed by atoms with Gasteiger partial charge in [0.1, 0.15) is 17.1 Å². The first kappa shape index (κ1) is 13.1. The second-order valence-corrected chi connectivity index (χ2v) is 4.35. The minimum absolute atomic E-state index is 0.0905. The second kappa shape index (κ2) is 4.90. The van der Waals surface area contributed by atoms with Crippen LogP contribution in [0, 0.1) is 5.82 Å². The fourth-order valence-electron chi connectivity index (χ4n) is 1.97. The molecular weight excluding hydrogens is 277 g/mol. The van der Waals surface area contributed by atoms with E-state index in [2.05, 4.69) is 4.98 Å². The lowest BCUT2D eigenvalue weighted by atomic mass is 10.2. The van der Waals surface area contributed by atoms with E-state index >= 15 is 0 Å². The summed E-state index contributed by atoms with van der Waals surface area (Å²) in [5, 5.41) is 8.94. The van der Waals surface area contributed by atoms with E-state index in [-0.39, 0.29) is 17.0 Å². The summed E-state index contributed by atoms with van der Waals surface area (Å²) in [6.45, 7) is 0. The number of ether oxygens (including phenoxy) is 1. The first-order valence-electron chi connectivity index (χ1n) is 6.06. The van der Waals surface area contributed by atoms with Gasteiger partial charge in [-0.3, -0.25) is 0 Å². The lowest BCUT2D eigenvalue weighted by molar-refractivity contribution is 0.0697. The number of rotatable bonds is 3. The van der Waals surface area contributed by atoms with Gasteiger partial charge >= 0.3 is 5.97 Å². The molecule has 1 aromatic heterocycles. The van der Waals surface area contributed by atoms with Gasteiger partial charge in [0, 0.05) is 6.07 Å². The second-order valence-electron chi connectivity index (χ2n) is 4.35. The Balaban J connectivity index is 2.10. The Morgan fingerprint density at radius 3 is 2.76 bits per heavy atom. The summed E-state index contributed by atoms with van der Waals surface area (Å²) >= 11 is 0. The number of aromatic carboxylic acids is 1. The number of carboxylic acid groups (broad SMARTS) is 1. The number of halogens is 1. The van der Waals surface area contributed by atoms with Crippen molar-refractivity contribution in [3.05, 3.63) is 47.8 Å². The zero-order valence-corrected chi connectivity index (χ0v) is 11.0. The molecule has 0 fully saturated rings. The number of hydrogen-bond acceptors (Lipinski definition) is 4. The molecule has 0 atom stereocenters. The molecule has 3 aromatic rings. The third-order valence-corrected chi connectivity index (χ3v) is 3.04. The van der Waals surface area contributed by atoms with Crippen molar-refractivity contribution in [2.45, 2.75) is 0 Å². The normalized spacial score (nSPS) is 10.8. The molecule has 21 heavy (non-hydrogen) atoms. The van der Waals surface area contributed by atoms with E-state index in [0.717, 1.165) is 0 Å². The number of fused-ring (bicyclic) bond motifs is 1. The van der Waals surface area contributed by atoms with Crippen LogP contribution in [-0.4, -0.2) is 23.2 Å². The molecule has 3 rings (SSSR count). The minimum Gasteiger partial charge on any atom is -0.497 e. The fraction of sp³-hybridized carbons (Fsp3) is 0.0667. The molecule has 0 aliphatic heterocycles. The van der Waals surface area contributed by atoms with Crippen LogP contribution in [0.25, 0.3) is 22.6 Å². The van der Waals surface area contributed by atoms with E-state index < -0.39 is 11.8 Å². The van der Waals surface area contributed by atoms with E-state index in [1.165, 1.54) is 37.4 Å². The number of nitrogens with zero attached hydrogens (tertiary/aromatic N) is 1. The summed E-state index contributed by atoms with van der Waals surface area (Å²) in [6.07, 6.45) is 0. The Kier molecular flexibility index (Phi) is 3.06. The van der Waals surface area contributed by atoms with E-state index in [4.69, 9.17) is 14.3 Å². The average Bonchev–Trinajstić information content (AvgIpc) is 2.89. The van der Waals surface area contributed by atoms with Crippen molar-refractivity contribution in [3.8, 4) is 17.2 Å². The Morgan fingerprint density at radius 2 is 2.10 bits per heavy atom. The maximum absolute atomic E-state index is 14.0. The molecule has 0 aliphatic carbocycles. The lowest BCUT2D eigenvalue weighted by Crippen LogP contribution is -1.94. The van der Waals surface area contributed by atoms with Crippen LogP contribution in [-0.2, 0) is 0 Å². The van der Waals surface area contributed by atoms with Gasteiger partial charge in [-0.05, 0) is 30.3 Å². The molecule has 0 aliphatic rings. The molecule has 0 amide bonds. The highest BCUT2D eigenvalue weighted by Crippen LogP contribution is 2.29. The molecule has 0 radical (unpaired) electrons. The van der Waals surface area contributed by atoms with Crippen LogP contribution in [0.3, 0.4) is 0 Å². The Bertz CT molecular complexity index is 841. The number of hydrogen-bond donors (Lipinski definition) is 1. The zero-order chi connectivity index (χ0) is 15.0. The number of methoxy groups -OCH3 is 1. The molecule has 0 unspecified atom stereocenters. The first-order valence-corrected chi connectivity index (χ1v) is 6.06. The average molecular weight is 287 g/mol. The summed E-state index contributed by atoms with van der Waals surface area (Å²) in [5.41, 5.74) is 1.03. The fourth-order valence-corrected chi connectivity index (χ4v) is 1.97. The molecule has 0 saturated carbocycles. The van der Waals surface area contributed by atoms with Crippen LogP contribution >= 0.6 is 0 Å². The molecule has 0 saturated heterocycles. The highest BCUT2D eigenvalue weighted by molar-refractivity contribution is 5.92. The summed E-state index contributed by atoms with van der Waals surface area (Å²) in [7, 11) is 1.45. The van der Waals surface area contributed by atoms with Gasteiger partial charge in [-0.15, -0.1) is 0 Å². The van der Waals surface area contributed by atoms with Crippen LogP contribution < -0.4 is 4.74 Å². The third-order valence-electron chi connectivity index (χ3n) is 3.04. The Morgan fingerprint density at radius 1 is 1.29 bits per heavy atom. The van der Waals surface area contributed by atoms with Gasteiger partial charge in [0.05, 0.1) is 18.2 Å². The van der Waals surface area contributed by atoms with Gasteiger partial charge in [0.25, 0.3) is 0 Å². The minimum atomic E-state index is -1.06. The van der Waals surface area contributed by atoms with Crippen molar-refractivity contribution in [1.82, 2.24) is 4.98 Å². The van der Waals surface area contributed by atoms with E-state index in [1.807, 2.05) is 0 Å². The van der Waals surface area contributed by atoms with Crippen molar-refractivity contribution < 1.29 is 23.4 Å². The van der Waals surface area contributed by atoms with Gasteiger partial charge < -0.3 is 14.3 Å². The van der Waals surface area contributed by atoms with Crippen molar-refractivity contribution in [2.75, 3.05) is 7.11 Å². The quantitative estimate of drug-likeness (QED) is 0.799. The van der Waals surface area contributed by atoms with Crippen LogP contribution in [0.2, 0.25) is 0 Å². The van der Waals surface area contributed by atoms with E-state index in [1.54, 1.807) is 6.07 Å². The molecule has 1 heterocycles. The van der Waals surface area contributed by atoms with Gasteiger partial charge in [-0.25, -0.2) is 14.2 Å². The molecule has 5 nitrogen and oxygen atoms in total. The number of carboxylic acids is 1. The topological polar surface area (TPSA) is 72.6 Å². The van der Waals surface area contributed by atoms with Crippen LogP contribution in [0.5, 0.6) is 5.75 Å². The van der Waals surface area contributed by atoms with Crippen LogP contribution in [0.15, 0.2) is 40.8 Å². The van der Waals surface area contributed by atoms with Gasteiger partial charge in [-0.1, -0.05) is 0 Å². The number of carbonyl (C=O) groups is 1. The highest BCUT2D eigenvalue weighted by Gasteiger charge is 2.14. The predicted octanol–water partition coefficient (Wildman–Crippen LogP) is 3.34. The SMILES string of the molecule is COc1ccc(-c2nc3cc(C(=O)O)ccc3o2)c(F)c1. The summed E-state index contributed by atoms with van der Waals surface area (Å²) in [6, 6.07) is 8.60. The Hall–Kier alpha value is -2.89. The number of aromatic nitrogens is 1. The first-order chi connectivity index (χ1) is 10.1. The molecule has 6 heteroatoms. The molecule has 0 bridgehead atoms. The lowest BCUT2D eigenvalue weighted by Gasteiger charge is -2.01. The summed E-state index contributed by atoms with van der Waals surface area (Å²) in [5.74, 6) is -1.11.